The second-order valence-corrected chi connectivity index (χ2v) is 10.1. The molecule has 0 aliphatic heterocycles. The van der Waals surface area contributed by atoms with Crippen molar-refractivity contribution in [1.29, 1.82) is 0 Å². The Labute approximate surface area is 219 Å². The van der Waals surface area contributed by atoms with Crippen molar-refractivity contribution >= 4 is 34.7 Å². The van der Waals surface area contributed by atoms with E-state index in [1.54, 1.807) is 12.1 Å². The van der Waals surface area contributed by atoms with Crippen molar-refractivity contribution in [2.75, 3.05) is 7.05 Å². The average molecular weight is 513 g/mol. The number of hydrogen-bond donors (Lipinski definition) is 3. The molecule has 2 rings (SSSR count). The first kappa shape index (κ1) is 28.3. The van der Waals surface area contributed by atoms with Crippen molar-refractivity contribution in [3.05, 3.63) is 71.8 Å². The summed E-state index contributed by atoms with van der Waals surface area (Å²) in [4.78, 5) is 0. The second-order valence-electron chi connectivity index (χ2n) is 9.28. The van der Waals surface area contributed by atoms with Crippen LogP contribution in [0.25, 0.3) is 0 Å². The standard InChI is InChI=1S/C25H36N8S2/c1-18(20-14-10-8-11-15-20)28-31-24(3,4)26-22(34)30-33(7)23(35)27-25(5,6)32-29-19(2)21-16-12-9-13-17-21/h8-19H,1-7H3,(H,27,35)(H2,26,30,34)/b31-28+,32-29+. The van der Waals surface area contributed by atoms with Crippen molar-refractivity contribution in [3.63, 3.8) is 0 Å². The van der Waals surface area contributed by atoms with Gasteiger partial charge in [-0.05, 0) is 77.1 Å². The highest BCUT2D eigenvalue weighted by atomic mass is 32.1. The third kappa shape index (κ3) is 10.0. The highest BCUT2D eigenvalue weighted by molar-refractivity contribution is 7.80. The Kier molecular flexibility index (Phi) is 10.2. The first-order chi connectivity index (χ1) is 16.4. The maximum atomic E-state index is 5.52. The normalized spacial score (nSPS) is 13.9. The van der Waals surface area contributed by atoms with E-state index in [0.29, 0.717) is 10.2 Å². The van der Waals surface area contributed by atoms with Gasteiger partial charge in [-0.3, -0.25) is 10.4 Å². The van der Waals surface area contributed by atoms with Crippen molar-refractivity contribution < 1.29 is 0 Å². The van der Waals surface area contributed by atoms with Crippen LogP contribution >= 0.6 is 24.4 Å². The Balaban J connectivity index is 1.87. The van der Waals surface area contributed by atoms with Gasteiger partial charge in [0.15, 0.2) is 10.2 Å². The topological polar surface area (TPSA) is 88.8 Å². The molecule has 8 nitrogen and oxygen atoms in total. The van der Waals surface area contributed by atoms with Crippen LogP contribution < -0.4 is 16.1 Å². The first-order valence-electron chi connectivity index (χ1n) is 11.5. The van der Waals surface area contributed by atoms with Crippen molar-refractivity contribution in [3.8, 4) is 0 Å². The van der Waals surface area contributed by atoms with Crippen molar-refractivity contribution in [2.24, 2.45) is 20.5 Å². The Bertz CT molecular complexity index is 1020. The Hall–Kier alpha value is -2.98. The molecule has 188 valence electrons. The van der Waals surface area contributed by atoms with Crippen LogP contribution in [0.2, 0.25) is 0 Å². The minimum absolute atomic E-state index is 0.0560. The fourth-order valence-corrected chi connectivity index (χ4v) is 3.64. The monoisotopic (exact) mass is 512 g/mol. The molecule has 0 aliphatic rings. The van der Waals surface area contributed by atoms with Crippen LogP contribution in [0.1, 0.15) is 64.8 Å². The minimum atomic E-state index is -0.704. The molecule has 35 heavy (non-hydrogen) atoms. The fraction of sp³-hybridized carbons (Fsp3) is 0.440. The van der Waals surface area contributed by atoms with E-state index in [9.17, 15) is 0 Å². The lowest BCUT2D eigenvalue weighted by molar-refractivity contribution is 0.375. The molecule has 3 N–H and O–H groups in total. The maximum absolute atomic E-state index is 5.52. The van der Waals surface area contributed by atoms with Gasteiger partial charge in [0.2, 0.25) is 0 Å². The minimum Gasteiger partial charge on any atom is -0.336 e. The first-order valence-corrected chi connectivity index (χ1v) is 12.3. The van der Waals surface area contributed by atoms with E-state index in [1.807, 2.05) is 102 Å². The quantitative estimate of drug-likeness (QED) is 0.226. The van der Waals surface area contributed by atoms with Gasteiger partial charge in [0.05, 0.1) is 12.1 Å². The van der Waals surface area contributed by atoms with E-state index >= 15 is 0 Å². The van der Waals surface area contributed by atoms with Gasteiger partial charge in [0.1, 0.15) is 11.3 Å². The number of thiocarbonyl (C=S) groups is 2. The molecule has 0 saturated carbocycles. The maximum Gasteiger partial charge on any atom is 0.189 e. The third-order valence-electron chi connectivity index (χ3n) is 4.93. The number of benzene rings is 2. The van der Waals surface area contributed by atoms with Gasteiger partial charge in [-0.15, -0.1) is 0 Å². The lowest BCUT2D eigenvalue weighted by atomic mass is 10.1. The number of nitrogens with zero attached hydrogens (tertiary/aromatic N) is 5. The zero-order valence-electron chi connectivity index (χ0n) is 21.5. The summed E-state index contributed by atoms with van der Waals surface area (Å²) in [6, 6.07) is 19.9. The fourth-order valence-electron chi connectivity index (χ4n) is 2.96. The molecule has 0 bridgehead atoms. The summed E-state index contributed by atoms with van der Waals surface area (Å²) in [6.07, 6.45) is 0. The van der Waals surface area contributed by atoms with E-state index in [1.165, 1.54) is 0 Å². The van der Waals surface area contributed by atoms with Crippen LogP contribution in [0.4, 0.5) is 0 Å². The lowest BCUT2D eigenvalue weighted by Gasteiger charge is -2.30. The number of hydrazine groups is 1. The summed E-state index contributed by atoms with van der Waals surface area (Å²) in [7, 11) is 1.77. The molecule has 0 heterocycles. The highest BCUT2D eigenvalue weighted by Gasteiger charge is 2.22. The molecule has 2 unspecified atom stereocenters. The number of nitrogens with one attached hydrogen (secondary N) is 3. The van der Waals surface area contributed by atoms with E-state index in [0.717, 1.165) is 11.1 Å². The Morgan fingerprint density at radius 3 is 1.57 bits per heavy atom. The zero-order valence-corrected chi connectivity index (χ0v) is 23.1. The number of hydrogen-bond acceptors (Lipinski definition) is 6. The summed E-state index contributed by atoms with van der Waals surface area (Å²) in [6.45, 7) is 11.6. The summed E-state index contributed by atoms with van der Waals surface area (Å²) < 4.78 is 0. The third-order valence-corrected chi connectivity index (χ3v) is 5.50. The van der Waals surface area contributed by atoms with Crippen LogP contribution in [0.15, 0.2) is 81.1 Å². The highest BCUT2D eigenvalue weighted by Crippen LogP contribution is 2.19. The predicted molar refractivity (Wildman–Crippen MR) is 150 cm³/mol. The molecule has 0 aromatic heterocycles. The molecule has 0 fully saturated rings. The molecule has 0 aliphatic carbocycles. The molecule has 0 saturated heterocycles. The smallest absolute Gasteiger partial charge is 0.189 e. The van der Waals surface area contributed by atoms with Gasteiger partial charge in [-0.2, -0.15) is 20.5 Å². The molecular formula is C25H36N8S2. The van der Waals surface area contributed by atoms with E-state index in [-0.39, 0.29) is 12.1 Å². The molecule has 2 aromatic carbocycles. The van der Waals surface area contributed by atoms with E-state index < -0.39 is 11.3 Å². The van der Waals surface area contributed by atoms with Crippen LogP contribution in [0.5, 0.6) is 0 Å². The van der Waals surface area contributed by atoms with Crippen molar-refractivity contribution in [2.45, 2.75) is 65.0 Å². The molecule has 0 radical (unpaired) electrons. The average Bonchev–Trinajstić information content (AvgIpc) is 2.81. The molecular weight excluding hydrogens is 476 g/mol. The SMILES string of the molecule is CC(/N=N/C(C)(C)NC(=S)NN(C)C(=S)NC(C)(C)/N=N/C(C)c1ccccc1)c1ccccc1. The lowest BCUT2D eigenvalue weighted by Crippen LogP contribution is -2.57. The van der Waals surface area contributed by atoms with Gasteiger partial charge < -0.3 is 10.6 Å². The van der Waals surface area contributed by atoms with Crippen LogP contribution in [0, 0.1) is 0 Å². The van der Waals surface area contributed by atoms with Crippen LogP contribution in [-0.4, -0.2) is 33.6 Å². The van der Waals surface area contributed by atoms with Gasteiger partial charge >= 0.3 is 0 Å². The Morgan fingerprint density at radius 1 is 0.743 bits per heavy atom. The number of azo groups is 2. The summed E-state index contributed by atoms with van der Waals surface area (Å²) in [5.41, 5.74) is 3.84. The van der Waals surface area contributed by atoms with Crippen LogP contribution in [-0.2, 0) is 0 Å². The van der Waals surface area contributed by atoms with Gasteiger partial charge in [-0.25, -0.2) is 0 Å². The molecule has 0 amide bonds. The summed E-state index contributed by atoms with van der Waals surface area (Å²) in [5.74, 6) is 0. The van der Waals surface area contributed by atoms with Gasteiger partial charge in [0, 0.05) is 7.05 Å². The van der Waals surface area contributed by atoms with Crippen molar-refractivity contribution in [1.82, 2.24) is 21.1 Å². The second kappa shape index (κ2) is 12.6. The molecule has 2 aromatic rings. The predicted octanol–water partition coefficient (Wildman–Crippen LogP) is 6.07. The largest absolute Gasteiger partial charge is 0.336 e. The van der Waals surface area contributed by atoms with E-state index in [2.05, 4.69) is 36.5 Å². The van der Waals surface area contributed by atoms with Crippen LogP contribution in [0.3, 0.4) is 0 Å². The zero-order chi connectivity index (χ0) is 26.1. The van der Waals surface area contributed by atoms with Gasteiger partial charge in [0.25, 0.3) is 0 Å². The van der Waals surface area contributed by atoms with Gasteiger partial charge in [-0.1, -0.05) is 60.7 Å². The molecule has 0 spiro atoms. The molecule has 10 heteroatoms. The Morgan fingerprint density at radius 2 is 1.14 bits per heavy atom. The summed E-state index contributed by atoms with van der Waals surface area (Å²) >= 11 is 11.0. The molecule has 2 atom stereocenters. The van der Waals surface area contributed by atoms with E-state index in [4.69, 9.17) is 24.4 Å². The number of rotatable bonds is 8. The summed E-state index contributed by atoms with van der Waals surface area (Å²) in [5, 5.41) is 26.5.